The first kappa shape index (κ1) is 14.9. The largest absolute Gasteiger partial charge is 0.469 e. The van der Waals surface area contributed by atoms with Crippen molar-refractivity contribution in [3.8, 4) is 0 Å². The summed E-state index contributed by atoms with van der Waals surface area (Å²) >= 11 is 0. The summed E-state index contributed by atoms with van der Waals surface area (Å²) in [6.45, 7) is 3.80. The van der Waals surface area contributed by atoms with Crippen LogP contribution in [0.1, 0.15) is 11.3 Å². The van der Waals surface area contributed by atoms with Crippen LogP contribution < -0.4 is 10.6 Å². The highest BCUT2D eigenvalue weighted by molar-refractivity contribution is 5.91. The number of nitrogens with zero attached hydrogens (tertiary/aromatic N) is 5. The fourth-order valence-corrected chi connectivity index (χ4v) is 3.05. The second kappa shape index (κ2) is 6.09. The van der Waals surface area contributed by atoms with Gasteiger partial charge in [0, 0.05) is 44.2 Å². The number of aromatic nitrogens is 3. The zero-order valence-electron chi connectivity index (χ0n) is 13.6. The molecule has 1 fully saturated rings. The standard InChI is InChI=1S/C17H20N6O/c1-22-4-6-23(7-5-22)17-20-14-11-19-10-12(15(14)16(18)21-17)9-13-3-2-8-24-13/h2-3,8,10-11H,4-7,9H2,1H3,(H2,18,20,21). The maximum atomic E-state index is 6.27. The van der Waals surface area contributed by atoms with Crippen LogP contribution in [0.2, 0.25) is 0 Å². The summed E-state index contributed by atoms with van der Waals surface area (Å²) in [5.74, 6) is 2.05. The molecule has 0 saturated carbocycles. The van der Waals surface area contributed by atoms with E-state index in [0.717, 1.165) is 48.4 Å². The molecule has 1 saturated heterocycles. The van der Waals surface area contributed by atoms with Crippen molar-refractivity contribution in [2.24, 2.45) is 0 Å². The summed E-state index contributed by atoms with van der Waals surface area (Å²) in [6, 6.07) is 3.81. The Balaban J connectivity index is 1.71. The van der Waals surface area contributed by atoms with E-state index < -0.39 is 0 Å². The van der Waals surface area contributed by atoms with E-state index in [4.69, 9.17) is 15.1 Å². The van der Waals surface area contributed by atoms with Gasteiger partial charge in [-0.1, -0.05) is 0 Å². The Morgan fingerprint density at radius 1 is 1.17 bits per heavy atom. The molecule has 7 nitrogen and oxygen atoms in total. The van der Waals surface area contributed by atoms with Gasteiger partial charge in [0.1, 0.15) is 11.6 Å². The van der Waals surface area contributed by atoms with Gasteiger partial charge in [0.05, 0.1) is 18.0 Å². The quantitative estimate of drug-likeness (QED) is 0.782. The van der Waals surface area contributed by atoms with Crippen molar-refractivity contribution in [1.82, 2.24) is 19.9 Å². The molecular weight excluding hydrogens is 304 g/mol. The first-order valence-corrected chi connectivity index (χ1v) is 8.06. The minimum Gasteiger partial charge on any atom is -0.469 e. The molecule has 0 bridgehead atoms. The van der Waals surface area contributed by atoms with Gasteiger partial charge >= 0.3 is 0 Å². The molecule has 7 heteroatoms. The molecule has 1 aliphatic rings. The number of anilines is 2. The highest BCUT2D eigenvalue weighted by Gasteiger charge is 2.19. The summed E-state index contributed by atoms with van der Waals surface area (Å²) < 4.78 is 5.43. The lowest BCUT2D eigenvalue weighted by atomic mass is 10.1. The first-order valence-electron chi connectivity index (χ1n) is 8.06. The molecule has 124 valence electrons. The summed E-state index contributed by atoms with van der Waals surface area (Å²) in [7, 11) is 2.12. The van der Waals surface area contributed by atoms with E-state index in [1.54, 1.807) is 18.7 Å². The monoisotopic (exact) mass is 324 g/mol. The fraction of sp³-hybridized carbons (Fsp3) is 0.353. The van der Waals surface area contributed by atoms with Gasteiger partial charge < -0.3 is 20.0 Å². The Labute approximate surface area is 140 Å². The zero-order valence-corrected chi connectivity index (χ0v) is 13.6. The van der Waals surface area contributed by atoms with Crippen LogP contribution in [0.25, 0.3) is 10.9 Å². The average Bonchev–Trinajstić information content (AvgIpc) is 3.08. The van der Waals surface area contributed by atoms with Crippen molar-refractivity contribution in [3.05, 3.63) is 42.1 Å². The molecule has 0 unspecified atom stereocenters. The van der Waals surface area contributed by atoms with Gasteiger partial charge in [-0.3, -0.25) is 4.98 Å². The normalized spacial score (nSPS) is 16.0. The van der Waals surface area contributed by atoms with Gasteiger partial charge in [0.2, 0.25) is 5.95 Å². The Bertz CT molecular complexity index is 840. The summed E-state index contributed by atoms with van der Waals surface area (Å²) in [4.78, 5) is 18.0. The van der Waals surface area contributed by atoms with E-state index in [1.165, 1.54) is 0 Å². The highest BCUT2D eigenvalue weighted by atomic mass is 16.3. The van der Waals surface area contributed by atoms with E-state index in [0.29, 0.717) is 18.2 Å². The third kappa shape index (κ3) is 2.78. The number of nitrogen functional groups attached to an aromatic ring is 1. The molecule has 0 spiro atoms. The Kier molecular flexibility index (Phi) is 3.78. The molecule has 0 aliphatic carbocycles. The summed E-state index contributed by atoms with van der Waals surface area (Å²) in [5, 5.41) is 0.860. The molecule has 0 amide bonds. The maximum Gasteiger partial charge on any atom is 0.228 e. The van der Waals surface area contributed by atoms with E-state index in [9.17, 15) is 0 Å². The molecule has 0 aromatic carbocycles. The highest BCUT2D eigenvalue weighted by Crippen LogP contribution is 2.26. The van der Waals surface area contributed by atoms with Gasteiger partial charge in [-0.25, -0.2) is 4.98 Å². The number of pyridine rings is 1. The van der Waals surface area contributed by atoms with Crippen LogP contribution in [0.5, 0.6) is 0 Å². The van der Waals surface area contributed by atoms with E-state index in [2.05, 4.69) is 26.8 Å². The average molecular weight is 324 g/mol. The van der Waals surface area contributed by atoms with Gasteiger partial charge in [-0.15, -0.1) is 0 Å². The van der Waals surface area contributed by atoms with Crippen LogP contribution in [0.15, 0.2) is 35.2 Å². The predicted octanol–water partition coefficient (Wildman–Crippen LogP) is 1.54. The number of fused-ring (bicyclic) bond motifs is 1. The van der Waals surface area contributed by atoms with Gasteiger partial charge in [-0.05, 0) is 24.7 Å². The Morgan fingerprint density at radius 3 is 2.75 bits per heavy atom. The molecule has 3 aromatic rings. The van der Waals surface area contributed by atoms with Crippen LogP contribution in [-0.2, 0) is 6.42 Å². The third-order valence-corrected chi connectivity index (χ3v) is 4.43. The fourth-order valence-electron chi connectivity index (χ4n) is 3.05. The lowest BCUT2D eigenvalue weighted by Gasteiger charge is -2.32. The predicted molar refractivity (Wildman–Crippen MR) is 93.0 cm³/mol. The maximum absolute atomic E-state index is 6.27. The van der Waals surface area contributed by atoms with Crippen molar-refractivity contribution in [2.45, 2.75) is 6.42 Å². The van der Waals surface area contributed by atoms with Crippen LogP contribution in [0, 0.1) is 0 Å². The topological polar surface area (TPSA) is 84.3 Å². The van der Waals surface area contributed by atoms with Crippen molar-refractivity contribution in [2.75, 3.05) is 43.9 Å². The zero-order chi connectivity index (χ0) is 16.5. The van der Waals surface area contributed by atoms with E-state index >= 15 is 0 Å². The number of nitrogens with two attached hydrogens (primary N) is 1. The lowest BCUT2D eigenvalue weighted by Crippen LogP contribution is -2.45. The molecule has 0 radical (unpaired) electrons. The minimum atomic E-state index is 0.498. The number of likely N-dealkylation sites (N-methyl/N-ethyl adjacent to an activating group) is 1. The summed E-state index contributed by atoms with van der Waals surface area (Å²) in [5.41, 5.74) is 8.03. The molecule has 2 N–H and O–H groups in total. The van der Waals surface area contributed by atoms with Crippen molar-refractivity contribution in [3.63, 3.8) is 0 Å². The second-order valence-corrected chi connectivity index (χ2v) is 6.15. The minimum absolute atomic E-state index is 0.498. The SMILES string of the molecule is CN1CCN(c2nc(N)c3c(Cc4ccco4)cncc3n2)CC1. The third-order valence-electron chi connectivity index (χ3n) is 4.43. The van der Waals surface area contributed by atoms with Gasteiger partial charge in [-0.2, -0.15) is 4.98 Å². The van der Waals surface area contributed by atoms with E-state index in [1.807, 2.05) is 12.1 Å². The van der Waals surface area contributed by atoms with Gasteiger partial charge in [0.15, 0.2) is 0 Å². The van der Waals surface area contributed by atoms with Crippen molar-refractivity contribution in [1.29, 1.82) is 0 Å². The van der Waals surface area contributed by atoms with Crippen LogP contribution >= 0.6 is 0 Å². The van der Waals surface area contributed by atoms with Crippen LogP contribution in [0.3, 0.4) is 0 Å². The lowest BCUT2D eigenvalue weighted by molar-refractivity contribution is 0.311. The number of rotatable bonds is 3. The second-order valence-electron chi connectivity index (χ2n) is 6.15. The number of furan rings is 1. The van der Waals surface area contributed by atoms with Crippen molar-refractivity contribution < 1.29 is 4.42 Å². The molecule has 24 heavy (non-hydrogen) atoms. The Morgan fingerprint density at radius 2 is 2.00 bits per heavy atom. The smallest absolute Gasteiger partial charge is 0.228 e. The number of hydrogen-bond donors (Lipinski definition) is 1. The number of hydrogen-bond acceptors (Lipinski definition) is 7. The molecule has 1 aliphatic heterocycles. The van der Waals surface area contributed by atoms with Gasteiger partial charge in [0.25, 0.3) is 0 Å². The molecule has 0 atom stereocenters. The van der Waals surface area contributed by atoms with E-state index in [-0.39, 0.29) is 0 Å². The molecule has 3 aromatic heterocycles. The van der Waals surface area contributed by atoms with Crippen LogP contribution in [-0.4, -0.2) is 53.1 Å². The number of piperazine rings is 1. The first-order chi connectivity index (χ1) is 11.7. The summed E-state index contributed by atoms with van der Waals surface area (Å²) in [6.07, 6.45) is 5.84. The molecule has 4 rings (SSSR count). The van der Waals surface area contributed by atoms with Crippen LogP contribution in [0.4, 0.5) is 11.8 Å². The molecular formula is C17H20N6O. The van der Waals surface area contributed by atoms with Crippen molar-refractivity contribution >= 4 is 22.7 Å². The molecule has 4 heterocycles. The Hall–Kier alpha value is -2.67.